The molecule has 0 aromatic heterocycles. The lowest BCUT2D eigenvalue weighted by Gasteiger charge is -2.65. The van der Waals surface area contributed by atoms with E-state index >= 15 is 0 Å². The minimum atomic E-state index is -0.887. The van der Waals surface area contributed by atoms with Crippen LogP contribution in [0.1, 0.15) is 49.8 Å². The molecule has 2 aromatic rings. The molecule has 2 bridgehead atoms. The summed E-state index contributed by atoms with van der Waals surface area (Å²) >= 11 is 12.3. The number of halogens is 2. The van der Waals surface area contributed by atoms with E-state index in [1.807, 2.05) is 12.1 Å². The first-order chi connectivity index (χ1) is 20.0. The summed E-state index contributed by atoms with van der Waals surface area (Å²) in [5.41, 5.74) is 1.16. The maximum atomic E-state index is 13.7. The molecule has 42 heavy (non-hydrogen) atoms. The van der Waals surface area contributed by atoms with Crippen LogP contribution in [0.3, 0.4) is 0 Å². The highest BCUT2D eigenvalue weighted by atomic mass is 35.5. The standard InChI is InChI=1S/C32H34Cl2N2O6/c1-5-13-36-14-12-31-28-21-7-9-25(40-18(2)37)29(28)41-30(31)24(10-11-32(31,26(36)17-21)42-19(3)38)35(4)27(39)16-20-6-8-22(33)23(34)15-20/h5-9,15,24,26,30H,1,10-14,16-17H2,2-4H3/t24-,26+,30-,31-,32+/m0/s1. The van der Waals surface area contributed by atoms with Crippen molar-refractivity contribution in [1.82, 2.24) is 9.80 Å². The molecular weight excluding hydrogens is 579 g/mol. The Balaban J connectivity index is 1.46. The Morgan fingerprint density at radius 3 is 2.62 bits per heavy atom. The molecule has 5 atom stereocenters. The molecule has 222 valence electrons. The number of hydrogen-bond donors (Lipinski definition) is 0. The number of esters is 2. The van der Waals surface area contributed by atoms with Gasteiger partial charge < -0.3 is 19.1 Å². The molecule has 1 spiro atoms. The Hall–Kier alpha value is -3.07. The molecule has 2 aliphatic carbocycles. The van der Waals surface area contributed by atoms with Crippen LogP contribution in [-0.2, 0) is 37.4 Å². The fourth-order valence-electron chi connectivity index (χ4n) is 8.18. The minimum absolute atomic E-state index is 0.0915. The second kappa shape index (κ2) is 10.6. The topological polar surface area (TPSA) is 85.4 Å². The maximum Gasteiger partial charge on any atom is 0.308 e. The summed E-state index contributed by atoms with van der Waals surface area (Å²) in [4.78, 5) is 42.7. The van der Waals surface area contributed by atoms with Crippen molar-refractivity contribution < 1.29 is 28.6 Å². The van der Waals surface area contributed by atoms with Gasteiger partial charge in [-0.2, -0.15) is 0 Å². The smallest absolute Gasteiger partial charge is 0.308 e. The van der Waals surface area contributed by atoms with Crippen LogP contribution in [0.15, 0.2) is 43.0 Å². The summed E-state index contributed by atoms with van der Waals surface area (Å²) in [6, 6.07) is 8.55. The van der Waals surface area contributed by atoms with Crippen LogP contribution in [-0.4, -0.2) is 71.6 Å². The molecule has 2 aliphatic heterocycles. The van der Waals surface area contributed by atoms with Gasteiger partial charge in [-0.15, -0.1) is 6.58 Å². The number of piperidine rings is 1. The largest absolute Gasteiger partial charge is 0.483 e. The van der Waals surface area contributed by atoms with E-state index < -0.39 is 23.1 Å². The highest BCUT2D eigenvalue weighted by Crippen LogP contribution is 2.67. The number of carbonyl (C=O) groups is 3. The first-order valence-corrected chi connectivity index (χ1v) is 15.0. The molecule has 1 saturated carbocycles. The predicted molar refractivity (Wildman–Crippen MR) is 158 cm³/mol. The SMILES string of the molecule is C=CCN1CC[C@]23c4c5ccc(OC(C)=O)c4O[C@H]2[C@@H](N(C)C(=O)Cc2ccc(Cl)c(Cl)c2)CC[C@@]3(OC(C)=O)[C@H]1C5. The third kappa shape index (κ3) is 4.25. The van der Waals surface area contributed by atoms with Crippen molar-refractivity contribution in [2.45, 2.75) is 75.2 Å². The number of rotatable bonds is 7. The monoisotopic (exact) mass is 612 g/mol. The van der Waals surface area contributed by atoms with Gasteiger partial charge in [0.15, 0.2) is 11.5 Å². The van der Waals surface area contributed by atoms with Gasteiger partial charge in [0, 0.05) is 39.5 Å². The van der Waals surface area contributed by atoms with E-state index in [1.54, 1.807) is 36.2 Å². The van der Waals surface area contributed by atoms with Crippen molar-refractivity contribution in [3.8, 4) is 11.5 Å². The third-order valence-corrected chi connectivity index (χ3v) is 10.4. The average molecular weight is 614 g/mol. The molecule has 10 heteroatoms. The Morgan fingerprint density at radius 2 is 1.93 bits per heavy atom. The summed E-state index contributed by atoms with van der Waals surface area (Å²) < 4.78 is 18.9. The van der Waals surface area contributed by atoms with Crippen molar-refractivity contribution in [1.29, 1.82) is 0 Å². The number of benzene rings is 2. The highest BCUT2D eigenvalue weighted by molar-refractivity contribution is 6.42. The van der Waals surface area contributed by atoms with E-state index in [0.717, 1.165) is 23.2 Å². The van der Waals surface area contributed by atoms with Crippen molar-refractivity contribution in [3.63, 3.8) is 0 Å². The number of likely N-dealkylation sites (N-methyl/N-ethyl adjacent to an activating group) is 1. The fraction of sp³-hybridized carbons (Fsp3) is 0.469. The summed E-state index contributed by atoms with van der Waals surface area (Å²) in [6.07, 6.45) is 3.92. The van der Waals surface area contributed by atoms with Crippen molar-refractivity contribution in [2.75, 3.05) is 20.1 Å². The minimum Gasteiger partial charge on any atom is -0.483 e. The van der Waals surface area contributed by atoms with Gasteiger partial charge in [0.1, 0.15) is 11.7 Å². The molecule has 1 saturated heterocycles. The summed E-state index contributed by atoms with van der Waals surface area (Å²) in [5, 5.41) is 0.826. The second-order valence-corrected chi connectivity index (χ2v) is 12.6. The molecular formula is C32H34Cl2N2O6. The number of hydrogen-bond acceptors (Lipinski definition) is 7. The van der Waals surface area contributed by atoms with Crippen LogP contribution in [0.5, 0.6) is 11.5 Å². The van der Waals surface area contributed by atoms with Gasteiger partial charge in [0.25, 0.3) is 0 Å². The van der Waals surface area contributed by atoms with Gasteiger partial charge in [0.05, 0.1) is 34.0 Å². The number of likely N-dealkylation sites (tertiary alicyclic amines) is 1. The van der Waals surface area contributed by atoms with Gasteiger partial charge >= 0.3 is 11.9 Å². The van der Waals surface area contributed by atoms with E-state index in [9.17, 15) is 14.4 Å². The third-order valence-electron chi connectivity index (χ3n) is 9.66. The summed E-state index contributed by atoms with van der Waals surface area (Å²) in [6.45, 7) is 8.18. The van der Waals surface area contributed by atoms with E-state index in [2.05, 4.69) is 11.5 Å². The quantitative estimate of drug-likeness (QED) is 0.250. The molecule has 6 rings (SSSR count). The van der Waals surface area contributed by atoms with E-state index in [4.69, 9.17) is 37.4 Å². The molecule has 2 heterocycles. The Morgan fingerprint density at radius 1 is 1.14 bits per heavy atom. The number of nitrogens with zero attached hydrogens (tertiary/aromatic N) is 2. The summed E-state index contributed by atoms with van der Waals surface area (Å²) in [7, 11) is 1.80. The zero-order valence-corrected chi connectivity index (χ0v) is 25.5. The van der Waals surface area contributed by atoms with Crippen LogP contribution in [0, 0.1) is 0 Å². The van der Waals surface area contributed by atoms with Crippen molar-refractivity contribution in [3.05, 3.63) is 69.7 Å². The number of amides is 1. The lowest BCUT2D eigenvalue weighted by atomic mass is 9.48. The van der Waals surface area contributed by atoms with Gasteiger partial charge in [-0.1, -0.05) is 41.4 Å². The first-order valence-electron chi connectivity index (χ1n) is 14.3. The second-order valence-electron chi connectivity index (χ2n) is 11.8. The van der Waals surface area contributed by atoms with Crippen molar-refractivity contribution in [2.24, 2.45) is 0 Å². The molecule has 1 amide bonds. The molecule has 2 aromatic carbocycles. The molecule has 0 N–H and O–H groups in total. The van der Waals surface area contributed by atoms with Gasteiger partial charge in [-0.25, -0.2) is 0 Å². The van der Waals surface area contributed by atoms with Crippen LogP contribution in [0.4, 0.5) is 0 Å². The van der Waals surface area contributed by atoms with Gasteiger partial charge in [0.2, 0.25) is 5.91 Å². The van der Waals surface area contributed by atoms with Crippen LogP contribution >= 0.6 is 23.2 Å². The summed E-state index contributed by atoms with van der Waals surface area (Å²) in [5.74, 6) is -0.0388. The van der Waals surface area contributed by atoms with Crippen LogP contribution in [0.2, 0.25) is 10.0 Å². The predicted octanol–water partition coefficient (Wildman–Crippen LogP) is 4.90. The molecule has 0 radical (unpaired) electrons. The first kappa shape index (κ1) is 29.0. The zero-order chi connectivity index (χ0) is 30.0. The van der Waals surface area contributed by atoms with E-state index in [1.165, 1.54) is 13.8 Å². The van der Waals surface area contributed by atoms with E-state index in [-0.39, 0.29) is 30.4 Å². The average Bonchev–Trinajstić information content (AvgIpc) is 3.28. The number of carbonyl (C=O) groups excluding carboxylic acids is 3. The lowest BCUT2D eigenvalue weighted by Crippen LogP contribution is -2.79. The van der Waals surface area contributed by atoms with Gasteiger partial charge in [-0.3, -0.25) is 19.3 Å². The molecule has 0 unspecified atom stereocenters. The van der Waals surface area contributed by atoms with Crippen LogP contribution < -0.4 is 9.47 Å². The van der Waals surface area contributed by atoms with Crippen LogP contribution in [0.25, 0.3) is 0 Å². The van der Waals surface area contributed by atoms with Gasteiger partial charge in [-0.05, 0) is 55.0 Å². The Bertz CT molecular complexity index is 1500. The van der Waals surface area contributed by atoms with E-state index in [0.29, 0.717) is 53.8 Å². The number of ether oxygens (including phenoxy) is 3. The Kier molecular flexibility index (Phi) is 7.31. The van der Waals surface area contributed by atoms with Crippen molar-refractivity contribution >= 4 is 41.0 Å². The normalized spacial score (nSPS) is 28.7. The highest BCUT2D eigenvalue weighted by Gasteiger charge is 2.75. The molecule has 4 aliphatic rings. The molecule has 2 fully saturated rings. The maximum absolute atomic E-state index is 13.7. The Labute approximate surface area is 255 Å². The fourth-order valence-corrected chi connectivity index (χ4v) is 8.50. The zero-order valence-electron chi connectivity index (χ0n) is 24.0. The molecule has 8 nitrogen and oxygen atoms in total. The lowest BCUT2D eigenvalue weighted by molar-refractivity contribution is -0.222.